The van der Waals surface area contributed by atoms with Gasteiger partial charge in [0.1, 0.15) is 5.78 Å². The van der Waals surface area contributed by atoms with E-state index in [1.807, 2.05) is 4.90 Å². The van der Waals surface area contributed by atoms with Crippen molar-refractivity contribution in [1.82, 2.24) is 4.90 Å². The number of nitrogens with zero attached hydrogens (tertiary/aromatic N) is 1. The molecule has 0 aromatic heterocycles. The standard InChI is InChI=1S/C10H17NO2/c1-3-4-5-11-7-9(8(2)12)6-10(11)13/h9H,3-7H2,1-2H3. The molecule has 1 atom stereocenters. The highest BCUT2D eigenvalue weighted by molar-refractivity contribution is 5.89. The Balaban J connectivity index is 2.42. The molecule has 1 saturated heterocycles. The number of likely N-dealkylation sites (tertiary alicyclic amines) is 1. The third-order valence-electron chi connectivity index (χ3n) is 2.57. The number of ketones is 1. The predicted molar refractivity (Wildman–Crippen MR) is 50.3 cm³/mol. The summed E-state index contributed by atoms with van der Waals surface area (Å²) in [5.41, 5.74) is 0. The summed E-state index contributed by atoms with van der Waals surface area (Å²) in [6, 6.07) is 0. The molecule has 1 aliphatic heterocycles. The molecule has 1 aliphatic rings. The summed E-state index contributed by atoms with van der Waals surface area (Å²) in [4.78, 5) is 24.2. The van der Waals surface area contributed by atoms with Crippen LogP contribution in [0.4, 0.5) is 0 Å². The lowest BCUT2D eigenvalue weighted by molar-refractivity contribution is -0.128. The minimum absolute atomic E-state index is 0.0376. The van der Waals surface area contributed by atoms with Crippen molar-refractivity contribution in [3.63, 3.8) is 0 Å². The van der Waals surface area contributed by atoms with Gasteiger partial charge in [0, 0.05) is 25.4 Å². The number of amides is 1. The van der Waals surface area contributed by atoms with Crippen molar-refractivity contribution < 1.29 is 9.59 Å². The lowest BCUT2D eigenvalue weighted by Gasteiger charge is -2.14. The van der Waals surface area contributed by atoms with Crippen LogP contribution in [0.25, 0.3) is 0 Å². The average molecular weight is 183 g/mol. The molecule has 1 unspecified atom stereocenters. The Bertz CT molecular complexity index is 213. The van der Waals surface area contributed by atoms with Crippen LogP contribution in [0.2, 0.25) is 0 Å². The lowest BCUT2D eigenvalue weighted by atomic mass is 10.1. The first-order valence-electron chi connectivity index (χ1n) is 4.93. The molecule has 13 heavy (non-hydrogen) atoms. The van der Waals surface area contributed by atoms with E-state index in [-0.39, 0.29) is 17.6 Å². The van der Waals surface area contributed by atoms with E-state index in [0.29, 0.717) is 13.0 Å². The van der Waals surface area contributed by atoms with Gasteiger partial charge < -0.3 is 4.90 Å². The number of hydrogen-bond donors (Lipinski definition) is 0. The largest absolute Gasteiger partial charge is 0.342 e. The Morgan fingerprint density at radius 1 is 1.62 bits per heavy atom. The normalized spacial score (nSPS) is 22.5. The fraction of sp³-hybridized carbons (Fsp3) is 0.800. The molecule has 3 heteroatoms. The van der Waals surface area contributed by atoms with Crippen LogP contribution in [-0.2, 0) is 9.59 Å². The van der Waals surface area contributed by atoms with E-state index < -0.39 is 0 Å². The van der Waals surface area contributed by atoms with Crippen LogP contribution in [-0.4, -0.2) is 29.7 Å². The average Bonchev–Trinajstić information content (AvgIpc) is 2.44. The van der Waals surface area contributed by atoms with Gasteiger partial charge >= 0.3 is 0 Å². The second-order valence-corrected chi connectivity index (χ2v) is 3.71. The van der Waals surface area contributed by atoms with Gasteiger partial charge in [0.25, 0.3) is 0 Å². The van der Waals surface area contributed by atoms with E-state index >= 15 is 0 Å². The quantitative estimate of drug-likeness (QED) is 0.657. The van der Waals surface area contributed by atoms with Crippen LogP contribution >= 0.6 is 0 Å². The number of Topliss-reactive ketones (excluding diaryl/α,β-unsaturated/α-hetero) is 1. The molecule has 74 valence electrons. The van der Waals surface area contributed by atoms with Gasteiger partial charge in [0.15, 0.2) is 0 Å². The Morgan fingerprint density at radius 3 is 2.77 bits per heavy atom. The number of carbonyl (C=O) groups is 2. The van der Waals surface area contributed by atoms with Gasteiger partial charge in [-0.05, 0) is 13.3 Å². The Labute approximate surface area is 79.1 Å². The molecule has 0 aromatic carbocycles. The van der Waals surface area contributed by atoms with Crippen LogP contribution < -0.4 is 0 Å². The zero-order valence-electron chi connectivity index (χ0n) is 8.38. The summed E-state index contributed by atoms with van der Waals surface area (Å²) in [6.45, 7) is 5.14. The molecule has 0 saturated carbocycles. The minimum Gasteiger partial charge on any atom is -0.342 e. The van der Waals surface area contributed by atoms with Crippen molar-refractivity contribution in [3.05, 3.63) is 0 Å². The molecule has 0 bridgehead atoms. The molecule has 0 N–H and O–H groups in total. The molecule has 1 rings (SSSR count). The monoisotopic (exact) mass is 183 g/mol. The summed E-state index contributed by atoms with van der Waals surface area (Å²) >= 11 is 0. The first kappa shape index (κ1) is 10.2. The molecule has 1 amide bonds. The maximum atomic E-state index is 11.4. The van der Waals surface area contributed by atoms with Gasteiger partial charge in [0.2, 0.25) is 5.91 Å². The number of carbonyl (C=O) groups excluding carboxylic acids is 2. The molecule has 1 heterocycles. The zero-order chi connectivity index (χ0) is 9.84. The maximum Gasteiger partial charge on any atom is 0.223 e. The summed E-state index contributed by atoms with van der Waals surface area (Å²) < 4.78 is 0. The molecule has 0 spiro atoms. The van der Waals surface area contributed by atoms with E-state index in [9.17, 15) is 9.59 Å². The van der Waals surface area contributed by atoms with Gasteiger partial charge in [-0.3, -0.25) is 9.59 Å². The minimum atomic E-state index is -0.0376. The molecule has 0 radical (unpaired) electrons. The SMILES string of the molecule is CCCCN1CC(C(C)=O)CC1=O. The fourth-order valence-corrected chi connectivity index (χ4v) is 1.61. The van der Waals surface area contributed by atoms with E-state index in [0.717, 1.165) is 19.4 Å². The van der Waals surface area contributed by atoms with Crippen LogP contribution in [0.3, 0.4) is 0 Å². The Kier molecular flexibility index (Phi) is 3.46. The first-order chi connectivity index (χ1) is 6.15. The van der Waals surface area contributed by atoms with Crippen LogP contribution in [0, 0.1) is 5.92 Å². The number of rotatable bonds is 4. The zero-order valence-corrected chi connectivity index (χ0v) is 8.38. The topological polar surface area (TPSA) is 37.4 Å². The fourth-order valence-electron chi connectivity index (χ4n) is 1.61. The summed E-state index contributed by atoms with van der Waals surface area (Å²) in [5, 5.41) is 0. The van der Waals surface area contributed by atoms with Crippen LogP contribution in [0.15, 0.2) is 0 Å². The van der Waals surface area contributed by atoms with Crippen molar-refractivity contribution in [2.75, 3.05) is 13.1 Å². The summed E-state index contributed by atoms with van der Waals surface area (Å²) in [6.07, 6.45) is 2.56. The predicted octanol–water partition coefficient (Wildman–Crippen LogP) is 1.22. The van der Waals surface area contributed by atoms with Gasteiger partial charge in [0.05, 0.1) is 0 Å². The van der Waals surface area contributed by atoms with E-state index in [1.54, 1.807) is 6.92 Å². The molecular weight excluding hydrogens is 166 g/mol. The Hall–Kier alpha value is -0.860. The summed E-state index contributed by atoms with van der Waals surface area (Å²) in [7, 11) is 0. The molecule has 3 nitrogen and oxygen atoms in total. The smallest absolute Gasteiger partial charge is 0.223 e. The van der Waals surface area contributed by atoms with Crippen LogP contribution in [0.1, 0.15) is 33.1 Å². The van der Waals surface area contributed by atoms with Crippen LogP contribution in [0.5, 0.6) is 0 Å². The lowest BCUT2D eigenvalue weighted by Crippen LogP contribution is -2.26. The third kappa shape index (κ3) is 2.54. The second-order valence-electron chi connectivity index (χ2n) is 3.71. The highest BCUT2D eigenvalue weighted by Gasteiger charge is 2.31. The first-order valence-corrected chi connectivity index (χ1v) is 4.93. The number of hydrogen-bond acceptors (Lipinski definition) is 2. The van der Waals surface area contributed by atoms with Crippen molar-refractivity contribution in [2.24, 2.45) is 5.92 Å². The molecular formula is C10H17NO2. The van der Waals surface area contributed by atoms with E-state index in [1.165, 1.54) is 0 Å². The van der Waals surface area contributed by atoms with Crippen molar-refractivity contribution in [1.29, 1.82) is 0 Å². The van der Waals surface area contributed by atoms with E-state index in [4.69, 9.17) is 0 Å². The second kappa shape index (κ2) is 4.40. The van der Waals surface area contributed by atoms with E-state index in [2.05, 4.69) is 6.92 Å². The highest BCUT2D eigenvalue weighted by atomic mass is 16.2. The van der Waals surface area contributed by atoms with Gasteiger partial charge in [-0.1, -0.05) is 13.3 Å². The van der Waals surface area contributed by atoms with Gasteiger partial charge in [-0.25, -0.2) is 0 Å². The van der Waals surface area contributed by atoms with Crippen molar-refractivity contribution in [2.45, 2.75) is 33.1 Å². The highest BCUT2D eigenvalue weighted by Crippen LogP contribution is 2.18. The third-order valence-corrected chi connectivity index (χ3v) is 2.57. The van der Waals surface area contributed by atoms with Gasteiger partial charge in [-0.15, -0.1) is 0 Å². The maximum absolute atomic E-state index is 11.4. The molecule has 1 fully saturated rings. The molecule has 0 aromatic rings. The Morgan fingerprint density at radius 2 is 2.31 bits per heavy atom. The number of unbranched alkanes of at least 4 members (excludes halogenated alkanes) is 1. The van der Waals surface area contributed by atoms with Gasteiger partial charge in [-0.2, -0.15) is 0 Å². The van der Waals surface area contributed by atoms with Crippen molar-refractivity contribution >= 4 is 11.7 Å². The van der Waals surface area contributed by atoms with Crippen molar-refractivity contribution in [3.8, 4) is 0 Å². The summed E-state index contributed by atoms with van der Waals surface area (Å²) in [5.74, 6) is 0.255. The molecule has 0 aliphatic carbocycles.